The van der Waals surface area contributed by atoms with Gasteiger partial charge in [0.15, 0.2) is 0 Å². The van der Waals surface area contributed by atoms with Gasteiger partial charge < -0.3 is 26.2 Å². The van der Waals surface area contributed by atoms with E-state index in [9.17, 15) is 29.4 Å². The van der Waals surface area contributed by atoms with Crippen LogP contribution in [0.5, 0.6) is 5.75 Å². The lowest BCUT2D eigenvalue weighted by Crippen LogP contribution is -2.57. The van der Waals surface area contributed by atoms with E-state index in [1.54, 1.807) is 12.1 Å². The van der Waals surface area contributed by atoms with E-state index in [4.69, 9.17) is 0 Å². The van der Waals surface area contributed by atoms with Crippen molar-refractivity contribution < 1.29 is 29.4 Å². The quantitative estimate of drug-likeness (QED) is 0.122. The number of aromatic hydroxyl groups is 1. The Hall–Kier alpha value is -5.96. The number of phenolic OH excluding ortho intramolecular Hbond substituents is 1. The van der Waals surface area contributed by atoms with E-state index in [1.807, 2.05) is 103 Å². The summed E-state index contributed by atoms with van der Waals surface area (Å²) in [6.07, 6.45) is 0.283. The van der Waals surface area contributed by atoms with Crippen LogP contribution >= 0.6 is 0 Å². The van der Waals surface area contributed by atoms with Gasteiger partial charge in [-0.25, -0.2) is 4.79 Å². The number of fused-ring (bicyclic) bond motifs is 1. The predicted octanol–water partition coefficient (Wildman–Crippen LogP) is 4.36. The molecule has 48 heavy (non-hydrogen) atoms. The summed E-state index contributed by atoms with van der Waals surface area (Å²) in [6, 6.07) is 34.5. The molecule has 9 nitrogen and oxygen atoms in total. The van der Waals surface area contributed by atoms with Crippen molar-refractivity contribution in [1.82, 2.24) is 16.0 Å². The van der Waals surface area contributed by atoms with E-state index >= 15 is 0 Å². The number of carbonyl (C=O) groups is 4. The number of benzene rings is 5. The van der Waals surface area contributed by atoms with Crippen LogP contribution in [0.25, 0.3) is 10.8 Å². The Morgan fingerprint density at radius 2 is 0.958 bits per heavy atom. The van der Waals surface area contributed by atoms with Gasteiger partial charge in [-0.2, -0.15) is 0 Å². The molecule has 3 atom stereocenters. The normalized spacial score (nSPS) is 12.8. The summed E-state index contributed by atoms with van der Waals surface area (Å²) in [4.78, 5) is 53.1. The predicted molar refractivity (Wildman–Crippen MR) is 183 cm³/mol. The van der Waals surface area contributed by atoms with E-state index in [2.05, 4.69) is 16.0 Å². The summed E-state index contributed by atoms with van der Waals surface area (Å²) >= 11 is 0. The molecule has 0 aliphatic heterocycles. The molecular weight excluding hydrogens is 606 g/mol. The van der Waals surface area contributed by atoms with Gasteiger partial charge >= 0.3 is 5.97 Å². The van der Waals surface area contributed by atoms with Gasteiger partial charge in [-0.3, -0.25) is 14.4 Å². The fourth-order valence-corrected chi connectivity index (χ4v) is 5.51. The van der Waals surface area contributed by atoms with Gasteiger partial charge in [0.05, 0.1) is 6.42 Å². The molecule has 0 heterocycles. The maximum atomic E-state index is 13.9. The SMILES string of the molecule is O=C(Cc1ccc2ccccc2c1)N[C@@H](Cc1ccccc1)C(=O)N[C@@H](Cc1ccccc1)C(=O)N[C@H](Cc1ccc(O)cc1)C(=O)O. The Morgan fingerprint density at radius 1 is 0.500 bits per heavy atom. The number of rotatable bonds is 14. The number of carboxylic acids is 1. The first kappa shape index (κ1) is 33.4. The third kappa shape index (κ3) is 9.53. The largest absolute Gasteiger partial charge is 0.508 e. The fourth-order valence-electron chi connectivity index (χ4n) is 5.51. The molecule has 0 fully saturated rings. The number of hydrogen-bond acceptors (Lipinski definition) is 5. The Balaban J connectivity index is 1.34. The molecular formula is C39H37N3O6. The molecule has 0 aromatic heterocycles. The second-order valence-corrected chi connectivity index (χ2v) is 11.7. The minimum atomic E-state index is -1.29. The molecule has 0 aliphatic rings. The van der Waals surface area contributed by atoms with Gasteiger partial charge in [0.2, 0.25) is 17.7 Å². The average molecular weight is 644 g/mol. The molecule has 0 aliphatic carbocycles. The van der Waals surface area contributed by atoms with Crippen molar-refractivity contribution in [2.45, 2.75) is 43.8 Å². The fraction of sp³-hybridized carbons (Fsp3) is 0.179. The monoisotopic (exact) mass is 643 g/mol. The molecule has 5 aromatic carbocycles. The number of carboxylic acid groups (broad SMARTS) is 1. The molecule has 0 saturated carbocycles. The second kappa shape index (κ2) is 16.0. The summed E-state index contributed by atoms with van der Waals surface area (Å²) in [5.41, 5.74) is 2.96. The minimum Gasteiger partial charge on any atom is -0.508 e. The first-order chi connectivity index (χ1) is 23.2. The first-order valence-corrected chi connectivity index (χ1v) is 15.7. The molecule has 5 aromatic rings. The summed E-state index contributed by atoms with van der Waals surface area (Å²) in [6.45, 7) is 0. The molecule has 3 amide bonds. The Morgan fingerprint density at radius 3 is 1.54 bits per heavy atom. The van der Waals surface area contributed by atoms with Gasteiger partial charge in [0.25, 0.3) is 0 Å². The zero-order valence-electron chi connectivity index (χ0n) is 26.2. The molecule has 0 spiro atoms. The lowest BCUT2D eigenvalue weighted by atomic mass is 10.0. The van der Waals surface area contributed by atoms with Gasteiger partial charge in [0.1, 0.15) is 23.9 Å². The maximum Gasteiger partial charge on any atom is 0.326 e. The molecule has 5 N–H and O–H groups in total. The second-order valence-electron chi connectivity index (χ2n) is 11.7. The van der Waals surface area contributed by atoms with E-state index in [-0.39, 0.29) is 37.3 Å². The van der Waals surface area contributed by atoms with Crippen LogP contribution in [0.2, 0.25) is 0 Å². The Bertz CT molecular complexity index is 1860. The summed E-state index contributed by atoms with van der Waals surface area (Å²) in [7, 11) is 0. The highest BCUT2D eigenvalue weighted by Gasteiger charge is 2.30. The first-order valence-electron chi connectivity index (χ1n) is 15.7. The number of hydrogen-bond donors (Lipinski definition) is 5. The molecule has 0 unspecified atom stereocenters. The van der Waals surface area contributed by atoms with Crippen molar-refractivity contribution >= 4 is 34.5 Å². The number of phenols is 1. The van der Waals surface area contributed by atoms with E-state index in [1.165, 1.54) is 12.1 Å². The van der Waals surface area contributed by atoms with Crippen LogP contribution in [-0.4, -0.2) is 52.0 Å². The average Bonchev–Trinajstić information content (AvgIpc) is 3.09. The zero-order valence-corrected chi connectivity index (χ0v) is 26.2. The number of nitrogens with one attached hydrogen (secondary N) is 3. The van der Waals surface area contributed by atoms with Crippen LogP contribution in [-0.2, 0) is 44.9 Å². The topological polar surface area (TPSA) is 145 Å². The van der Waals surface area contributed by atoms with Crippen LogP contribution in [0.4, 0.5) is 0 Å². The van der Waals surface area contributed by atoms with Crippen LogP contribution < -0.4 is 16.0 Å². The lowest BCUT2D eigenvalue weighted by Gasteiger charge is -2.25. The molecule has 0 saturated heterocycles. The zero-order chi connectivity index (χ0) is 33.9. The highest BCUT2D eigenvalue weighted by molar-refractivity contribution is 5.94. The minimum absolute atomic E-state index is 0.0329. The Labute approximate surface area is 278 Å². The number of carbonyl (C=O) groups excluding carboxylic acids is 3. The van der Waals surface area contributed by atoms with Crippen molar-refractivity contribution in [2.75, 3.05) is 0 Å². The third-order valence-electron chi connectivity index (χ3n) is 8.02. The highest BCUT2D eigenvalue weighted by atomic mass is 16.4. The molecule has 0 radical (unpaired) electrons. The summed E-state index contributed by atoms with van der Waals surface area (Å²) in [5.74, 6) is -2.82. The van der Waals surface area contributed by atoms with E-state index < -0.39 is 35.9 Å². The van der Waals surface area contributed by atoms with E-state index in [0.29, 0.717) is 5.56 Å². The molecule has 5 rings (SSSR count). The van der Waals surface area contributed by atoms with Crippen molar-refractivity contribution in [3.8, 4) is 5.75 Å². The Kier molecular flexibility index (Phi) is 11.2. The number of aliphatic carboxylic acids is 1. The van der Waals surface area contributed by atoms with Gasteiger partial charge in [-0.1, -0.05) is 115 Å². The van der Waals surface area contributed by atoms with Crippen molar-refractivity contribution in [3.63, 3.8) is 0 Å². The highest BCUT2D eigenvalue weighted by Crippen LogP contribution is 2.17. The lowest BCUT2D eigenvalue weighted by molar-refractivity contribution is -0.142. The third-order valence-corrected chi connectivity index (χ3v) is 8.02. The molecule has 244 valence electrons. The summed E-state index contributed by atoms with van der Waals surface area (Å²) in [5, 5.41) is 29.8. The van der Waals surface area contributed by atoms with Crippen LogP contribution in [0, 0.1) is 0 Å². The van der Waals surface area contributed by atoms with Crippen molar-refractivity contribution in [3.05, 3.63) is 150 Å². The molecule has 9 heteroatoms. The molecule has 0 bridgehead atoms. The van der Waals surface area contributed by atoms with Gasteiger partial charge in [-0.15, -0.1) is 0 Å². The maximum absolute atomic E-state index is 13.9. The van der Waals surface area contributed by atoms with Crippen LogP contribution in [0.3, 0.4) is 0 Å². The smallest absolute Gasteiger partial charge is 0.326 e. The van der Waals surface area contributed by atoms with E-state index in [0.717, 1.165) is 27.5 Å². The summed E-state index contributed by atoms with van der Waals surface area (Å²) < 4.78 is 0. The van der Waals surface area contributed by atoms with Crippen molar-refractivity contribution in [1.29, 1.82) is 0 Å². The van der Waals surface area contributed by atoms with Crippen molar-refractivity contribution in [2.24, 2.45) is 0 Å². The van der Waals surface area contributed by atoms with Crippen LogP contribution in [0.15, 0.2) is 127 Å². The van der Waals surface area contributed by atoms with Gasteiger partial charge in [0, 0.05) is 19.3 Å². The standard InChI is InChI=1S/C39H37N3O6/c43-32-19-16-28(17-20-32)24-35(39(47)48)42-38(46)34(23-27-11-5-2-6-12-27)41-37(45)33(22-26-9-3-1-4-10-26)40-36(44)25-29-15-18-30-13-7-8-14-31(30)21-29/h1-21,33-35,43H,22-25H2,(H,40,44)(H,41,45)(H,42,46)(H,47,48)/t33-,34-,35+/m0/s1. The van der Waals surface area contributed by atoms with Gasteiger partial charge in [-0.05, 0) is 45.2 Å². The number of amides is 3. The van der Waals surface area contributed by atoms with Crippen LogP contribution in [0.1, 0.15) is 22.3 Å².